The summed E-state index contributed by atoms with van der Waals surface area (Å²) in [5.41, 5.74) is 10.6. The number of anilines is 1. The van der Waals surface area contributed by atoms with Gasteiger partial charge in [0.2, 0.25) is 0 Å². The second-order valence-electron chi connectivity index (χ2n) is 3.98. The number of aliphatic hydroxyl groups is 3. The van der Waals surface area contributed by atoms with Crippen LogP contribution in [0.3, 0.4) is 0 Å². The lowest BCUT2D eigenvalue weighted by molar-refractivity contribution is -0.0518. The number of ether oxygens (including phenoxy) is 1. The Morgan fingerprint density at radius 3 is 2.61 bits per heavy atom. The summed E-state index contributed by atoms with van der Waals surface area (Å²) in [5, 5.41) is 28.3. The van der Waals surface area contributed by atoms with Crippen molar-refractivity contribution in [1.82, 2.24) is 9.55 Å². The van der Waals surface area contributed by atoms with Crippen LogP contribution in [-0.2, 0) is 4.74 Å². The summed E-state index contributed by atoms with van der Waals surface area (Å²) >= 11 is 0. The number of amides is 1. The molecule has 7 N–H and O–H groups in total. The summed E-state index contributed by atoms with van der Waals surface area (Å²) in [6.45, 7) is -0.452. The molecule has 1 aromatic rings. The number of nitrogen functional groups attached to an aromatic ring is 1. The lowest BCUT2D eigenvalue weighted by Crippen LogP contribution is -2.33. The molecular weight excluding hydrogens is 244 g/mol. The molecule has 0 aromatic carbocycles. The molecule has 1 aromatic heterocycles. The largest absolute Gasteiger partial charge is 0.394 e. The maximum atomic E-state index is 11.0. The molecule has 0 spiro atoms. The molecule has 0 bridgehead atoms. The molecule has 2 unspecified atom stereocenters. The summed E-state index contributed by atoms with van der Waals surface area (Å²) in [7, 11) is 0. The molecule has 2 rings (SSSR count). The van der Waals surface area contributed by atoms with Crippen molar-refractivity contribution in [3.05, 3.63) is 12.0 Å². The second kappa shape index (κ2) is 4.53. The molecule has 18 heavy (non-hydrogen) atoms. The minimum atomic E-state index is -1.29. The van der Waals surface area contributed by atoms with Crippen LogP contribution in [0.4, 0.5) is 5.82 Å². The molecule has 2 heterocycles. The number of aromatic nitrogens is 2. The number of hydrogen-bond donors (Lipinski definition) is 5. The third-order valence-corrected chi connectivity index (χ3v) is 2.86. The highest BCUT2D eigenvalue weighted by Crippen LogP contribution is 2.31. The molecule has 1 amide bonds. The first-order valence-electron chi connectivity index (χ1n) is 5.22. The van der Waals surface area contributed by atoms with Gasteiger partial charge < -0.3 is 31.5 Å². The smallest absolute Gasteiger partial charge is 0.271 e. The quantitative estimate of drug-likeness (QED) is 0.391. The molecule has 1 fully saturated rings. The standard InChI is InChI=1S/C9H14N4O5/c10-7-4(8(11)17)12-2-13(7)9-6(16)5(15)3(1-14)18-9/h2-3,5-6,9,14-16H,1,10H2,(H2,11,17)/t3-,5?,6?,9-/m1/s1. The molecule has 0 aliphatic carbocycles. The third-order valence-electron chi connectivity index (χ3n) is 2.86. The van der Waals surface area contributed by atoms with Gasteiger partial charge in [-0.25, -0.2) is 4.98 Å². The fourth-order valence-corrected chi connectivity index (χ4v) is 1.87. The number of imidazole rings is 1. The topological polar surface area (TPSA) is 157 Å². The van der Waals surface area contributed by atoms with E-state index in [1.54, 1.807) is 0 Å². The van der Waals surface area contributed by atoms with E-state index in [1.807, 2.05) is 0 Å². The first kappa shape index (κ1) is 12.8. The molecule has 9 nitrogen and oxygen atoms in total. The van der Waals surface area contributed by atoms with Gasteiger partial charge in [0.15, 0.2) is 11.9 Å². The Morgan fingerprint density at radius 1 is 1.50 bits per heavy atom. The molecule has 1 aliphatic rings. The van der Waals surface area contributed by atoms with E-state index in [1.165, 1.54) is 10.9 Å². The summed E-state index contributed by atoms with van der Waals surface area (Å²) in [6, 6.07) is 0. The van der Waals surface area contributed by atoms with Gasteiger partial charge in [-0.1, -0.05) is 0 Å². The van der Waals surface area contributed by atoms with Gasteiger partial charge in [0.1, 0.15) is 24.1 Å². The third kappa shape index (κ3) is 1.82. The molecule has 1 saturated heterocycles. The van der Waals surface area contributed by atoms with E-state index >= 15 is 0 Å². The summed E-state index contributed by atoms with van der Waals surface area (Å²) in [4.78, 5) is 14.7. The van der Waals surface area contributed by atoms with E-state index in [9.17, 15) is 15.0 Å². The van der Waals surface area contributed by atoms with Gasteiger partial charge in [-0.05, 0) is 0 Å². The Morgan fingerprint density at radius 2 is 2.17 bits per heavy atom. The number of rotatable bonds is 3. The van der Waals surface area contributed by atoms with Crippen LogP contribution >= 0.6 is 0 Å². The van der Waals surface area contributed by atoms with Crippen molar-refractivity contribution < 1.29 is 24.9 Å². The minimum absolute atomic E-state index is 0.0719. The maximum absolute atomic E-state index is 11.0. The SMILES string of the molecule is NC(=O)c1ncn([C@@H]2O[C@H](CO)C(O)C2O)c1N. The maximum Gasteiger partial charge on any atom is 0.271 e. The van der Waals surface area contributed by atoms with Crippen molar-refractivity contribution in [3.63, 3.8) is 0 Å². The van der Waals surface area contributed by atoms with Crippen LogP contribution in [0.2, 0.25) is 0 Å². The van der Waals surface area contributed by atoms with Gasteiger partial charge in [0, 0.05) is 0 Å². The van der Waals surface area contributed by atoms with Crippen LogP contribution in [0.25, 0.3) is 0 Å². The summed E-state index contributed by atoms with van der Waals surface area (Å²) < 4.78 is 6.42. The van der Waals surface area contributed by atoms with Crippen molar-refractivity contribution in [2.45, 2.75) is 24.5 Å². The number of aliphatic hydroxyl groups excluding tert-OH is 3. The average molecular weight is 258 g/mol. The zero-order chi connectivity index (χ0) is 13.4. The Hall–Kier alpha value is -1.68. The zero-order valence-electron chi connectivity index (χ0n) is 9.30. The highest BCUT2D eigenvalue weighted by Gasteiger charge is 2.44. The molecular formula is C9H14N4O5. The predicted octanol–water partition coefficient (Wildman–Crippen LogP) is -2.82. The molecule has 9 heteroatoms. The lowest BCUT2D eigenvalue weighted by Gasteiger charge is -2.17. The van der Waals surface area contributed by atoms with Crippen molar-refractivity contribution in [2.75, 3.05) is 12.3 Å². The number of primary amides is 1. The van der Waals surface area contributed by atoms with Crippen LogP contribution in [0, 0.1) is 0 Å². The second-order valence-corrected chi connectivity index (χ2v) is 3.98. The predicted molar refractivity (Wildman–Crippen MR) is 58.2 cm³/mol. The Bertz CT molecular complexity index is 462. The van der Waals surface area contributed by atoms with Gasteiger partial charge in [-0.3, -0.25) is 9.36 Å². The normalized spacial score (nSPS) is 31.7. The fourth-order valence-electron chi connectivity index (χ4n) is 1.87. The van der Waals surface area contributed by atoms with Crippen molar-refractivity contribution in [2.24, 2.45) is 5.73 Å². The first-order chi connectivity index (χ1) is 8.47. The van der Waals surface area contributed by atoms with Crippen molar-refractivity contribution in [3.8, 4) is 0 Å². The van der Waals surface area contributed by atoms with Gasteiger partial charge in [0.25, 0.3) is 5.91 Å². The number of carbonyl (C=O) groups is 1. The Balaban J connectivity index is 2.30. The number of nitrogens with two attached hydrogens (primary N) is 2. The number of carbonyl (C=O) groups excluding carboxylic acids is 1. The van der Waals surface area contributed by atoms with E-state index in [-0.39, 0.29) is 11.5 Å². The van der Waals surface area contributed by atoms with Gasteiger partial charge >= 0.3 is 0 Å². The van der Waals surface area contributed by atoms with Crippen molar-refractivity contribution in [1.29, 1.82) is 0 Å². The minimum Gasteiger partial charge on any atom is -0.394 e. The van der Waals surface area contributed by atoms with Crippen LogP contribution in [0.1, 0.15) is 16.7 Å². The van der Waals surface area contributed by atoms with Gasteiger partial charge in [-0.15, -0.1) is 0 Å². The van der Waals surface area contributed by atoms with Gasteiger partial charge in [0.05, 0.1) is 12.9 Å². The van der Waals surface area contributed by atoms with E-state index in [0.29, 0.717) is 0 Å². The van der Waals surface area contributed by atoms with Crippen molar-refractivity contribution >= 4 is 11.7 Å². The van der Waals surface area contributed by atoms with Crippen LogP contribution < -0.4 is 11.5 Å². The summed E-state index contributed by atoms with van der Waals surface area (Å²) in [6.07, 6.45) is -3.32. The highest BCUT2D eigenvalue weighted by atomic mass is 16.6. The van der Waals surface area contributed by atoms with Gasteiger partial charge in [-0.2, -0.15) is 0 Å². The van der Waals surface area contributed by atoms with Crippen LogP contribution in [0.15, 0.2) is 6.33 Å². The highest BCUT2D eigenvalue weighted by molar-refractivity contribution is 5.95. The van der Waals surface area contributed by atoms with E-state index in [4.69, 9.17) is 21.3 Å². The molecule has 1 aliphatic heterocycles. The fraction of sp³-hybridized carbons (Fsp3) is 0.556. The monoisotopic (exact) mass is 258 g/mol. The Kier molecular flexibility index (Phi) is 3.22. The lowest BCUT2D eigenvalue weighted by atomic mass is 10.1. The number of hydrogen-bond acceptors (Lipinski definition) is 7. The average Bonchev–Trinajstić information content (AvgIpc) is 2.82. The van der Waals surface area contributed by atoms with E-state index in [2.05, 4.69) is 4.98 Å². The molecule has 100 valence electrons. The van der Waals surface area contributed by atoms with Crippen LogP contribution in [-0.4, -0.2) is 55.7 Å². The molecule has 4 atom stereocenters. The van der Waals surface area contributed by atoms with Crippen LogP contribution in [0.5, 0.6) is 0 Å². The molecule has 0 radical (unpaired) electrons. The summed E-state index contributed by atoms with van der Waals surface area (Å²) in [5.74, 6) is -0.879. The zero-order valence-corrected chi connectivity index (χ0v) is 9.30. The number of nitrogens with zero attached hydrogens (tertiary/aromatic N) is 2. The molecule has 0 saturated carbocycles. The Labute approximate surface area is 102 Å². The van der Waals surface area contributed by atoms with E-state index < -0.39 is 37.1 Å². The first-order valence-corrected chi connectivity index (χ1v) is 5.22. The van der Waals surface area contributed by atoms with E-state index in [0.717, 1.165) is 0 Å².